The molecule has 0 spiro atoms. The lowest BCUT2D eigenvalue weighted by Gasteiger charge is -2.14. The number of alkyl halides is 3. The summed E-state index contributed by atoms with van der Waals surface area (Å²) < 4.78 is 37.9. The molecule has 2 aromatic rings. The number of halogens is 4. The second-order valence-electron chi connectivity index (χ2n) is 6.31. The van der Waals surface area contributed by atoms with E-state index in [1.54, 1.807) is 26.0 Å². The molecule has 7 nitrogen and oxygen atoms in total. The second-order valence-corrected chi connectivity index (χ2v) is 6.69. The van der Waals surface area contributed by atoms with Crippen molar-refractivity contribution in [2.45, 2.75) is 26.1 Å². The second kappa shape index (κ2) is 10.1. The van der Waals surface area contributed by atoms with Crippen LogP contribution in [0.5, 0.6) is 0 Å². The van der Waals surface area contributed by atoms with Crippen molar-refractivity contribution < 1.29 is 18.0 Å². The van der Waals surface area contributed by atoms with Gasteiger partial charge in [-0.2, -0.15) is 18.3 Å². The van der Waals surface area contributed by atoms with Crippen molar-refractivity contribution in [2.24, 2.45) is 10.7 Å². The summed E-state index contributed by atoms with van der Waals surface area (Å²) in [4.78, 5) is 16.4. The molecule has 0 bridgehead atoms. The fourth-order valence-corrected chi connectivity index (χ4v) is 2.50. The smallest absolute Gasteiger partial charge is 0.398 e. The molecule has 0 saturated carbocycles. The number of carbonyl (C=O) groups is 1. The lowest BCUT2D eigenvalue weighted by Crippen LogP contribution is -2.29. The van der Waals surface area contributed by atoms with Gasteiger partial charge in [-0.05, 0) is 50.2 Å². The van der Waals surface area contributed by atoms with Crippen molar-refractivity contribution >= 4 is 35.2 Å². The molecular weight excluding hydrogens is 433 g/mol. The van der Waals surface area contributed by atoms with Gasteiger partial charge in [0.05, 0.1) is 22.3 Å². The van der Waals surface area contributed by atoms with E-state index in [1.807, 2.05) is 0 Å². The summed E-state index contributed by atoms with van der Waals surface area (Å²) in [7, 11) is 0. The molecule has 0 aliphatic heterocycles. The summed E-state index contributed by atoms with van der Waals surface area (Å²) in [6, 6.07) is 7.16. The van der Waals surface area contributed by atoms with Crippen molar-refractivity contribution in [3.8, 4) is 0 Å². The number of nitrogens with one attached hydrogen (secondary N) is 2. The molecule has 0 radical (unpaired) electrons. The molecule has 1 aromatic heterocycles. The third-order valence-electron chi connectivity index (χ3n) is 3.92. The van der Waals surface area contributed by atoms with E-state index in [9.17, 15) is 18.0 Å². The molecule has 0 aliphatic carbocycles. The Labute approximate surface area is 181 Å². The van der Waals surface area contributed by atoms with Gasteiger partial charge in [0.15, 0.2) is 5.82 Å². The van der Waals surface area contributed by atoms with Crippen molar-refractivity contribution in [1.29, 1.82) is 0 Å². The van der Waals surface area contributed by atoms with Gasteiger partial charge in [-0.25, -0.2) is 0 Å². The number of benzene rings is 1. The van der Waals surface area contributed by atoms with Crippen LogP contribution in [0.1, 0.15) is 31.1 Å². The van der Waals surface area contributed by atoms with Gasteiger partial charge in [-0.1, -0.05) is 18.2 Å². The number of hydrogen-bond acceptors (Lipinski definition) is 6. The normalized spacial score (nSPS) is 13.5. The minimum atomic E-state index is -4.40. The minimum Gasteiger partial charge on any atom is -0.398 e. The highest BCUT2D eigenvalue weighted by atomic mass is 35.5. The molecule has 1 aromatic carbocycles. The van der Waals surface area contributed by atoms with E-state index in [4.69, 9.17) is 17.3 Å². The third-order valence-corrected chi connectivity index (χ3v) is 4.35. The lowest BCUT2D eigenvalue weighted by molar-refractivity contribution is -0.137. The Hall–Kier alpha value is -3.40. The zero-order chi connectivity index (χ0) is 23.2. The number of amides is 1. The van der Waals surface area contributed by atoms with Gasteiger partial charge in [0, 0.05) is 17.6 Å². The van der Waals surface area contributed by atoms with Crippen LogP contribution in [0.3, 0.4) is 0 Å². The first kappa shape index (κ1) is 23.9. The van der Waals surface area contributed by atoms with Crippen LogP contribution in [0.2, 0.25) is 0 Å². The Morgan fingerprint density at radius 3 is 2.35 bits per heavy atom. The fourth-order valence-electron chi connectivity index (χ4n) is 2.37. The predicted octanol–water partition coefficient (Wildman–Crippen LogP) is 4.43. The Bertz CT molecular complexity index is 1000. The molecule has 2 rings (SSSR count). The number of carbonyl (C=O) groups excluding carboxylic acids is 1. The molecule has 1 amide bonds. The Morgan fingerprint density at radius 2 is 1.87 bits per heavy atom. The van der Waals surface area contributed by atoms with Gasteiger partial charge >= 0.3 is 6.18 Å². The van der Waals surface area contributed by atoms with Gasteiger partial charge < -0.3 is 16.4 Å². The highest BCUT2D eigenvalue weighted by Crippen LogP contribution is 2.30. The van der Waals surface area contributed by atoms with Crippen LogP contribution in [-0.4, -0.2) is 22.3 Å². The molecule has 0 fully saturated rings. The number of allylic oxidation sites excluding steroid dienone is 1. The van der Waals surface area contributed by atoms with Crippen molar-refractivity contribution in [3.05, 3.63) is 70.7 Å². The average Bonchev–Trinajstić information content (AvgIpc) is 2.71. The fraction of sp³-hybridized carbons (Fsp3) is 0.200. The molecule has 1 unspecified atom stereocenters. The number of nitrogens with two attached hydrogens (primary N) is 1. The average molecular weight is 453 g/mol. The van der Waals surface area contributed by atoms with E-state index >= 15 is 0 Å². The first-order chi connectivity index (χ1) is 14.5. The van der Waals surface area contributed by atoms with Crippen molar-refractivity contribution in [3.63, 3.8) is 0 Å². The molecule has 11 heteroatoms. The van der Waals surface area contributed by atoms with Crippen LogP contribution in [0.4, 0.5) is 24.7 Å². The topological polar surface area (TPSA) is 105 Å². The number of rotatable bonds is 7. The Kier molecular flexibility index (Phi) is 7.76. The molecule has 1 heterocycles. The maximum Gasteiger partial charge on any atom is 0.416 e. The molecule has 164 valence electrons. The quantitative estimate of drug-likeness (QED) is 0.327. The van der Waals surface area contributed by atoms with Gasteiger partial charge in [-0.3, -0.25) is 9.79 Å². The SMILES string of the molecule is C=C(N)/C(Cl)=C(\N=C/C)C(=O)NC(C)c1ccc(Nc2ccc(C(F)(F)F)cc2)nn1. The molecule has 0 saturated heterocycles. The highest BCUT2D eigenvalue weighted by molar-refractivity contribution is 6.34. The zero-order valence-corrected chi connectivity index (χ0v) is 17.4. The van der Waals surface area contributed by atoms with Crippen LogP contribution in [0.25, 0.3) is 0 Å². The molecule has 4 N–H and O–H groups in total. The summed E-state index contributed by atoms with van der Waals surface area (Å²) in [5.74, 6) is -0.253. The number of anilines is 2. The van der Waals surface area contributed by atoms with Crippen LogP contribution in [-0.2, 0) is 11.0 Å². The third kappa shape index (κ3) is 6.54. The zero-order valence-electron chi connectivity index (χ0n) is 16.7. The van der Waals surface area contributed by atoms with Crippen LogP contribution >= 0.6 is 11.6 Å². The maximum absolute atomic E-state index is 12.6. The largest absolute Gasteiger partial charge is 0.416 e. The number of aliphatic imine (C=N–C) groups is 1. The monoisotopic (exact) mass is 452 g/mol. The Morgan fingerprint density at radius 1 is 1.23 bits per heavy atom. The van der Waals surface area contributed by atoms with Crippen LogP contribution < -0.4 is 16.4 Å². The summed E-state index contributed by atoms with van der Waals surface area (Å²) in [6.45, 7) is 6.79. The highest BCUT2D eigenvalue weighted by Gasteiger charge is 2.29. The standard InChI is InChI=1S/C20H20ClF3N6O/c1-4-26-18(17(21)11(2)25)19(31)27-12(3)15-9-10-16(30-29-15)28-14-7-5-13(6-8-14)20(22,23)24/h4-10,12H,2,25H2,1,3H3,(H,27,31)(H,28,30)/b18-17+,26-4-. The van der Waals surface area contributed by atoms with E-state index in [-0.39, 0.29) is 16.4 Å². The number of aromatic nitrogens is 2. The molecular formula is C20H20ClF3N6O. The van der Waals surface area contributed by atoms with E-state index < -0.39 is 23.7 Å². The van der Waals surface area contributed by atoms with Crippen molar-refractivity contribution in [1.82, 2.24) is 15.5 Å². The summed E-state index contributed by atoms with van der Waals surface area (Å²) in [6.07, 6.45) is -3.01. The lowest BCUT2D eigenvalue weighted by atomic mass is 10.2. The van der Waals surface area contributed by atoms with Gasteiger partial charge in [0.1, 0.15) is 5.70 Å². The summed E-state index contributed by atoms with van der Waals surface area (Å²) in [5.41, 5.74) is 5.56. The van der Waals surface area contributed by atoms with E-state index in [0.717, 1.165) is 12.1 Å². The molecule has 1 atom stereocenters. The number of nitrogens with zero attached hydrogens (tertiary/aromatic N) is 3. The maximum atomic E-state index is 12.6. The molecule has 31 heavy (non-hydrogen) atoms. The first-order valence-electron chi connectivity index (χ1n) is 8.95. The van der Waals surface area contributed by atoms with Gasteiger partial charge in [0.2, 0.25) is 0 Å². The number of hydrogen-bond donors (Lipinski definition) is 3. The first-order valence-corrected chi connectivity index (χ1v) is 9.32. The van der Waals surface area contributed by atoms with E-state index in [2.05, 4.69) is 32.4 Å². The summed E-state index contributed by atoms with van der Waals surface area (Å²) in [5, 5.41) is 13.5. The van der Waals surface area contributed by atoms with Gasteiger partial charge in [-0.15, -0.1) is 5.10 Å². The Balaban J connectivity index is 2.08. The van der Waals surface area contributed by atoms with E-state index in [1.165, 1.54) is 18.3 Å². The van der Waals surface area contributed by atoms with Crippen LogP contribution in [0, 0.1) is 0 Å². The van der Waals surface area contributed by atoms with Gasteiger partial charge in [0.25, 0.3) is 5.91 Å². The van der Waals surface area contributed by atoms with Crippen molar-refractivity contribution in [2.75, 3.05) is 5.32 Å². The minimum absolute atomic E-state index is 0.00329. The van der Waals surface area contributed by atoms with E-state index in [0.29, 0.717) is 17.2 Å². The molecule has 0 aliphatic rings. The van der Waals surface area contributed by atoms with Crippen LogP contribution in [0.15, 0.2) is 64.4 Å². The summed E-state index contributed by atoms with van der Waals surface area (Å²) >= 11 is 6.00. The predicted molar refractivity (Wildman–Crippen MR) is 114 cm³/mol.